The number of aliphatic hydroxyl groups is 1. The molecule has 106 valence electrons. The van der Waals surface area contributed by atoms with Gasteiger partial charge in [0, 0.05) is 6.54 Å². The van der Waals surface area contributed by atoms with Crippen LogP contribution in [0.3, 0.4) is 0 Å². The van der Waals surface area contributed by atoms with Gasteiger partial charge in [-0.3, -0.25) is 0 Å². The van der Waals surface area contributed by atoms with Crippen LogP contribution in [-0.4, -0.2) is 31.3 Å². The topological polar surface area (TPSA) is 44.3 Å². The maximum absolute atomic E-state index is 9.71. The van der Waals surface area contributed by atoms with Crippen LogP contribution in [0.5, 0.6) is 0 Å². The van der Waals surface area contributed by atoms with Gasteiger partial charge in [0.25, 0.3) is 0 Å². The van der Waals surface area contributed by atoms with Gasteiger partial charge >= 0.3 is 0 Å². The highest BCUT2D eigenvalue weighted by Crippen LogP contribution is 2.31. The fourth-order valence-corrected chi connectivity index (χ4v) is 2.60. The predicted molar refractivity (Wildman–Crippen MR) is 81.8 cm³/mol. The first-order chi connectivity index (χ1) is 8.58. The van der Waals surface area contributed by atoms with Crippen molar-refractivity contribution in [1.82, 2.24) is 10.6 Å². The summed E-state index contributed by atoms with van der Waals surface area (Å²) in [5, 5.41) is 18.6. The van der Waals surface area contributed by atoms with Gasteiger partial charge in [-0.15, -0.1) is 11.3 Å². The minimum Gasteiger partial charge on any atom is -0.386 e. The van der Waals surface area contributed by atoms with Crippen molar-refractivity contribution in [2.24, 2.45) is 0 Å². The monoisotopic (exact) mass is 292 g/mol. The van der Waals surface area contributed by atoms with Crippen LogP contribution in [0.15, 0.2) is 5.38 Å². The lowest BCUT2D eigenvalue weighted by Crippen LogP contribution is -2.20. The minimum atomic E-state index is -0.480. The van der Waals surface area contributed by atoms with E-state index in [2.05, 4.69) is 24.5 Å². The van der Waals surface area contributed by atoms with Crippen LogP contribution in [0.1, 0.15) is 37.3 Å². The SMILES string of the molecule is CCNCC.CCNCC(O)c1scc(C)c1Cl. The van der Waals surface area contributed by atoms with Gasteiger partial charge in [0.15, 0.2) is 0 Å². The Balaban J connectivity index is 0.000000494. The molecule has 1 aromatic heterocycles. The van der Waals surface area contributed by atoms with Crippen molar-refractivity contribution >= 4 is 22.9 Å². The molecule has 0 saturated carbocycles. The number of likely N-dealkylation sites (N-methyl/N-ethyl adjacent to an activating group) is 1. The largest absolute Gasteiger partial charge is 0.386 e. The first kappa shape index (κ1) is 17.9. The second-order valence-electron chi connectivity index (χ2n) is 3.88. The molecule has 0 bridgehead atoms. The summed E-state index contributed by atoms with van der Waals surface area (Å²) in [5.74, 6) is 0. The van der Waals surface area contributed by atoms with Crippen LogP contribution in [0.25, 0.3) is 0 Å². The quantitative estimate of drug-likeness (QED) is 0.755. The van der Waals surface area contributed by atoms with Crippen LogP contribution < -0.4 is 10.6 Å². The first-order valence-electron chi connectivity index (χ1n) is 6.41. The van der Waals surface area contributed by atoms with Crippen molar-refractivity contribution in [2.45, 2.75) is 33.8 Å². The molecular formula is C13H25ClN2OS. The number of rotatable bonds is 6. The number of aryl methyl sites for hydroxylation is 1. The summed E-state index contributed by atoms with van der Waals surface area (Å²) in [6.45, 7) is 11.8. The van der Waals surface area contributed by atoms with Gasteiger partial charge < -0.3 is 15.7 Å². The summed E-state index contributed by atoms with van der Waals surface area (Å²) >= 11 is 7.52. The number of nitrogens with one attached hydrogen (secondary N) is 2. The van der Waals surface area contributed by atoms with Crippen molar-refractivity contribution in [3.63, 3.8) is 0 Å². The van der Waals surface area contributed by atoms with Gasteiger partial charge in [-0.1, -0.05) is 32.4 Å². The molecule has 1 atom stereocenters. The number of hydrogen-bond donors (Lipinski definition) is 3. The van der Waals surface area contributed by atoms with Gasteiger partial charge in [-0.2, -0.15) is 0 Å². The maximum atomic E-state index is 9.71. The zero-order valence-corrected chi connectivity index (χ0v) is 13.3. The molecule has 0 aliphatic rings. The molecule has 0 spiro atoms. The van der Waals surface area contributed by atoms with Gasteiger partial charge in [0.2, 0.25) is 0 Å². The molecule has 0 aliphatic heterocycles. The van der Waals surface area contributed by atoms with Crippen molar-refractivity contribution in [2.75, 3.05) is 26.2 Å². The third kappa shape index (κ3) is 6.71. The fourth-order valence-electron chi connectivity index (χ4n) is 1.30. The zero-order valence-electron chi connectivity index (χ0n) is 11.7. The van der Waals surface area contributed by atoms with E-state index in [4.69, 9.17) is 11.6 Å². The Kier molecular flexibility index (Phi) is 10.7. The number of thiophene rings is 1. The molecule has 0 amide bonds. The fraction of sp³-hybridized carbons (Fsp3) is 0.692. The Hall–Kier alpha value is -0.130. The summed E-state index contributed by atoms with van der Waals surface area (Å²) in [7, 11) is 0. The molecule has 0 fully saturated rings. The predicted octanol–water partition coefficient (Wildman–Crippen LogP) is 2.97. The molecule has 1 aromatic rings. The number of hydrogen-bond acceptors (Lipinski definition) is 4. The molecular weight excluding hydrogens is 268 g/mol. The standard InChI is InChI=1S/C9H14ClNOS.C4H11N/c1-3-11-4-7(12)9-8(10)6(2)5-13-9;1-3-5-4-2/h5,7,11-12H,3-4H2,1-2H3;5H,3-4H2,1-2H3. The van der Waals surface area contributed by atoms with E-state index >= 15 is 0 Å². The summed E-state index contributed by atoms with van der Waals surface area (Å²) in [5.41, 5.74) is 1.04. The molecule has 3 nitrogen and oxygen atoms in total. The van der Waals surface area contributed by atoms with Crippen LogP contribution in [0.4, 0.5) is 0 Å². The highest BCUT2D eigenvalue weighted by molar-refractivity contribution is 7.10. The van der Waals surface area contributed by atoms with Crippen LogP contribution in [0, 0.1) is 6.92 Å². The van der Waals surface area contributed by atoms with E-state index in [0.717, 1.165) is 30.1 Å². The average Bonchev–Trinajstić information content (AvgIpc) is 2.69. The first-order valence-corrected chi connectivity index (χ1v) is 7.67. The van der Waals surface area contributed by atoms with Crippen molar-refractivity contribution in [3.05, 3.63) is 20.8 Å². The highest BCUT2D eigenvalue weighted by Gasteiger charge is 2.14. The Labute approximate surface area is 120 Å². The van der Waals surface area contributed by atoms with E-state index in [1.807, 2.05) is 19.2 Å². The molecule has 0 saturated heterocycles. The van der Waals surface area contributed by atoms with E-state index in [-0.39, 0.29) is 0 Å². The number of aliphatic hydroxyl groups excluding tert-OH is 1. The van der Waals surface area contributed by atoms with Crippen molar-refractivity contribution < 1.29 is 5.11 Å². The van der Waals surface area contributed by atoms with Gasteiger partial charge in [0.1, 0.15) is 6.10 Å². The second kappa shape index (κ2) is 10.8. The Bertz CT molecular complexity index is 316. The van der Waals surface area contributed by atoms with E-state index in [9.17, 15) is 5.11 Å². The summed E-state index contributed by atoms with van der Waals surface area (Å²) in [4.78, 5) is 0.861. The van der Waals surface area contributed by atoms with E-state index < -0.39 is 6.10 Å². The summed E-state index contributed by atoms with van der Waals surface area (Å²) < 4.78 is 0. The Morgan fingerprint density at radius 3 is 2.11 bits per heavy atom. The lowest BCUT2D eigenvalue weighted by Gasteiger charge is -2.09. The van der Waals surface area contributed by atoms with Crippen LogP contribution >= 0.6 is 22.9 Å². The third-order valence-electron chi connectivity index (χ3n) is 2.32. The maximum Gasteiger partial charge on any atom is 0.102 e. The van der Waals surface area contributed by atoms with E-state index in [0.29, 0.717) is 11.6 Å². The lowest BCUT2D eigenvalue weighted by atomic mass is 10.2. The van der Waals surface area contributed by atoms with Crippen molar-refractivity contribution in [3.8, 4) is 0 Å². The minimum absolute atomic E-state index is 0.480. The van der Waals surface area contributed by atoms with E-state index in [1.54, 1.807) is 0 Å². The molecule has 1 heterocycles. The smallest absolute Gasteiger partial charge is 0.102 e. The van der Waals surface area contributed by atoms with E-state index in [1.165, 1.54) is 11.3 Å². The van der Waals surface area contributed by atoms with Crippen LogP contribution in [-0.2, 0) is 0 Å². The Morgan fingerprint density at radius 1 is 1.22 bits per heavy atom. The van der Waals surface area contributed by atoms with Gasteiger partial charge in [0.05, 0.1) is 9.90 Å². The normalized spacial score (nSPS) is 11.9. The average molecular weight is 293 g/mol. The summed E-state index contributed by atoms with van der Waals surface area (Å²) in [6, 6.07) is 0. The highest BCUT2D eigenvalue weighted by atomic mass is 35.5. The molecule has 0 aliphatic carbocycles. The number of halogens is 1. The van der Waals surface area contributed by atoms with Crippen LogP contribution in [0.2, 0.25) is 5.02 Å². The third-order valence-corrected chi connectivity index (χ3v) is 4.13. The summed E-state index contributed by atoms with van der Waals surface area (Å²) in [6.07, 6.45) is -0.480. The Morgan fingerprint density at radius 2 is 1.78 bits per heavy atom. The lowest BCUT2D eigenvalue weighted by molar-refractivity contribution is 0.179. The molecule has 0 aromatic carbocycles. The molecule has 3 N–H and O–H groups in total. The van der Waals surface area contributed by atoms with Gasteiger partial charge in [-0.05, 0) is 37.5 Å². The molecule has 18 heavy (non-hydrogen) atoms. The second-order valence-corrected chi connectivity index (χ2v) is 5.17. The zero-order chi connectivity index (χ0) is 14.0. The molecule has 1 unspecified atom stereocenters. The van der Waals surface area contributed by atoms with Gasteiger partial charge in [-0.25, -0.2) is 0 Å². The molecule has 5 heteroatoms. The molecule has 0 radical (unpaired) electrons. The molecule has 1 rings (SSSR count). The van der Waals surface area contributed by atoms with Crippen molar-refractivity contribution in [1.29, 1.82) is 0 Å².